The fourth-order valence-electron chi connectivity index (χ4n) is 1.87. The molecule has 1 aromatic heterocycles. The van der Waals surface area contributed by atoms with E-state index in [-0.39, 0.29) is 11.6 Å². The number of carbonyl (C=O) groups is 2. The van der Waals surface area contributed by atoms with E-state index in [9.17, 15) is 9.59 Å². The first-order valence-electron chi connectivity index (χ1n) is 6.02. The van der Waals surface area contributed by atoms with E-state index in [1.54, 1.807) is 0 Å². The Labute approximate surface area is 116 Å². The number of rotatable bonds is 4. The molecular formula is C15H15NO2S. The zero-order valence-electron chi connectivity index (χ0n) is 11.1. The summed E-state index contributed by atoms with van der Waals surface area (Å²) in [5.41, 5.74) is 1.89. The maximum atomic E-state index is 11.4. The predicted octanol–water partition coefficient (Wildman–Crippen LogP) is 3.18. The van der Waals surface area contributed by atoms with Crippen molar-refractivity contribution < 1.29 is 9.59 Å². The lowest BCUT2D eigenvalue weighted by Gasteiger charge is -2.10. The first kappa shape index (κ1) is 13.7. The minimum atomic E-state index is -0.615. The molecule has 0 unspecified atom stereocenters. The van der Waals surface area contributed by atoms with Gasteiger partial charge in [0.05, 0.1) is 5.52 Å². The second kappa shape index (κ2) is 5.53. The molecule has 0 saturated heterocycles. The van der Waals surface area contributed by atoms with Gasteiger partial charge in [-0.2, -0.15) is 0 Å². The molecule has 0 amide bonds. The molecule has 0 aliphatic heterocycles. The van der Waals surface area contributed by atoms with Gasteiger partial charge in [-0.3, -0.25) is 14.6 Å². The average Bonchev–Trinajstić information content (AvgIpc) is 2.35. The Kier molecular flexibility index (Phi) is 4.00. The Balaban J connectivity index is 2.33. The summed E-state index contributed by atoms with van der Waals surface area (Å²) in [6, 6.07) is 9.73. The minimum Gasteiger partial charge on any atom is -0.298 e. The molecule has 4 heteroatoms. The van der Waals surface area contributed by atoms with Gasteiger partial charge in [0.15, 0.2) is 11.6 Å². The topological polar surface area (TPSA) is 47.0 Å². The van der Waals surface area contributed by atoms with E-state index in [2.05, 4.69) is 4.98 Å². The first-order valence-corrected chi connectivity index (χ1v) is 6.90. The number of pyridine rings is 1. The van der Waals surface area contributed by atoms with E-state index in [0.29, 0.717) is 0 Å². The number of thioether (sulfide) groups is 1. The number of aromatic nitrogens is 1. The zero-order chi connectivity index (χ0) is 14.0. The largest absolute Gasteiger partial charge is 0.298 e. The van der Waals surface area contributed by atoms with Gasteiger partial charge in [0, 0.05) is 16.0 Å². The van der Waals surface area contributed by atoms with Crippen LogP contribution in [-0.4, -0.2) is 21.8 Å². The van der Waals surface area contributed by atoms with Gasteiger partial charge in [0.1, 0.15) is 5.25 Å². The fourth-order valence-corrected chi connectivity index (χ4v) is 2.81. The second-order valence-electron chi connectivity index (χ2n) is 4.53. The number of ketones is 2. The van der Waals surface area contributed by atoms with E-state index in [1.165, 1.54) is 25.6 Å². The lowest BCUT2D eigenvalue weighted by Crippen LogP contribution is -2.21. The number of fused-ring (bicyclic) bond motifs is 1. The molecule has 3 nitrogen and oxygen atoms in total. The lowest BCUT2D eigenvalue weighted by molar-refractivity contribution is -0.123. The van der Waals surface area contributed by atoms with Crippen LogP contribution >= 0.6 is 11.8 Å². The van der Waals surface area contributed by atoms with Crippen LogP contribution in [0.25, 0.3) is 10.9 Å². The van der Waals surface area contributed by atoms with Crippen molar-refractivity contribution in [2.45, 2.75) is 30.9 Å². The van der Waals surface area contributed by atoms with Crippen LogP contribution in [0, 0.1) is 6.92 Å². The number of nitrogens with zero attached hydrogens (tertiary/aromatic N) is 1. The molecule has 19 heavy (non-hydrogen) atoms. The highest BCUT2D eigenvalue weighted by Gasteiger charge is 2.20. The zero-order valence-corrected chi connectivity index (χ0v) is 12.0. The van der Waals surface area contributed by atoms with Gasteiger partial charge in [0.25, 0.3) is 0 Å². The van der Waals surface area contributed by atoms with Crippen molar-refractivity contribution in [1.29, 1.82) is 0 Å². The van der Waals surface area contributed by atoms with Gasteiger partial charge >= 0.3 is 0 Å². The van der Waals surface area contributed by atoms with Crippen molar-refractivity contribution in [2.75, 3.05) is 0 Å². The van der Waals surface area contributed by atoms with Crippen LogP contribution in [0.1, 0.15) is 19.5 Å². The molecule has 0 radical (unpaired) electrons. The third-order valence-corrected chi connectivity index (χ3v) is 4.22. The molecule has 1 heterocycles. The summed E-state index contributed by atoms with van der Waals surface area (Å²) in [6.07, 6.45) is 0. The third kappa shape index (κ3) is 3.20. The summed E-state index contributed by atoms with van der Waals surface area (Å²) < 4.78 is 0. The quantitative estimate of drug-likeness (QED) is 0.634. The number of carbonyl (C=O) groups excluding carboxylic acids is 2. The molecular weight excluding hydrogens is 258 g/mol. The van der Waals surface area contributed by atoms with Gasteiger partial charge in [-0.15, -0.1) is 11.8 Å². The third-order valence-electron chi connectivity index (χ3n) is 2.79. The van der Waals surface area contributed by atoms with Crippen molar-refractivity contribution in [1.82, 2.24) is 4.98 Å². The number of benzene rings is 1. The average molecular weight is 273 g/mol. The van der Waals surface area contributed by atoms with Gasteiger partial charge in [-0.25, -0.2) is 0 Å². The van der Waals surface area contributed by atoms with Gasteiger partial charge in [-0.1, -0.05) is 6.07 Å². The van der Waals surface area contributed by atoms with Crippen LogP contribution in [-0.2, 0) is 9.59 Å². The molecule has 1 aromatic carbocycles. The van der Waals surface area contributed by atoms with Crippen molar-refractivity contribution in [3.63, 3.8) is 0 Å². The number of Topliss-reactive ketones (excluding diaryl/α,β-unsaturated/α-hetero) is 2. The van der Waals surface area contributed by atoms with Gasteiger partial charge < -0.3 is 0 Å². The molecule has 0 aliphatic carbocycles. The van der Waals surface area contributed by atoms with Gasteiger partial charge in [-0.05, 0) is 45.0 Å². The summed E-state index contributed by atoms with van der Waals surface area (Å²) in [6.45, 7) is 4.85. The Morgan fingerprint density at radius 2 is 1.79 bits per heavy atom. The molecule has 0 N–H and O–H groups in total. The molecule has 2 rings (SSSR count). The van der Waals surface area contributed by atoms with E-state index in [0.717, 1.165) is 21.5 Å². The van der Waals surface area contributed by atoms with Crippen LogP contribution in [0.2, 0.25) is 0 Å². The number of aryl methyl sites for hydroxylation is 1. The highest BCUT2D eigenvalue weighted by atomic mass is 32.2. The molecule has 0 fully saturated rings. The van der Waals surface area contributed by atoms with Crippen LogP contribution < -0.4 is 0 Å². The maximum absolute atomic E-state index is 11.4. The predicted molar refractivity (Wildman–Crippen MR) is 77.5 cm³/mol. The Morgan fingerprint density at radius 3 is 2.42 bits per heavy atom. The summed E-state index contributed by atoms with van der Waals surface area (Å²) in [4.78, 5) is 28.2. The van der Waals surface area contributed by atoms with Crippen LogP contribution in [0.15, 0.2) is 35.2 Å². The molecule has 0 spiro atoms. The first-order chi connectivity index (χ1) is 8.97. The summed E-state index contributed by atoms with van der Waals surface area (Å²) in [7, 11) is 0. The Hall–Kier alpha value is -1.68. The molecule has 0 atom stereocenters. The maximum Gasteiger partial charge on any atom is 0.150 e. The highest BCUT2D eigenvalue weighted by molar-refractivity contribution is 8.01. The van der Waals surface area contributed by atoms with E-state index >= 15 is 0 Å². The van der Waals surface area contributed by atoms with E-state index in [1.807, 2.05) is 37.3 Å². The van der Waals surface area contributed by atoms with Crippen molar-refractivity contribution in [3.05, 3.63) is 36.0 Å². The minimum absolute atomic E-state index is 0.111. The number of hydrogen-bond acceptors (Lipinski definition) is 4. The second-order valence-corrected chi connectivity index (χ2v) is 5.70. The fraction of sp³-hybridized carbons (Fsp3) is 0.267. The van der Waals surface area contributed by atoms with Crippen molar-refractivity contribution in [3.8, 4) is 0 Å². The molecule has 0 bridgehead atoms. The summed E-state index contributed by atoms with van der Waals surface area (Å²) in [5.74, 6) is -0.223. The standard InChI is InChI=1S/C15H15NO2S/c1-9-4-5-12-8-13(6-7-14(12)16-9)19-15(10(2)17)11(3)18/h4-8,15H,1-3H3. The number of hydrogen-bond donors (Lipinski definition) is 0. The van der Waals surface area contributed by atoms with Gasteiger partial charge in [0.2, 0.25) is 0 Å². The monoisotopic (exact) mass is 273 g/mol. The molecule has 98 valence electrons. The SMILES string of the molecule is CC(=O)C(Sc1ccc2nc(C)ccc2c1)C(C)=O. The molecule has 0 aliphatic rings. The van der Waals surface area contributed by atoms with Crippen LogP contribution in [0.5, 0.6) is 0 Å². The summed E-state index contributed by atoms with van der Waals surface area (Å²) >= 11 is 1.30. The Morgan fingerprint density at radius 1 is 1.11 bits per heavy atom. The Bertz CT molecular complexity index is 638. The van der Waals surface area contributed by atoms with Crippen LogP contribution in [0.4, 0.5) is 0 Å². The highest BCUT2D eigenvalue weighted by Crippen LogP contribution is 2.27. The van der Waals surface area contributed by atoms with E-state index < -0.39 is 5.25 Å². The lowest BCUT2D eigenvalue weighted by atomic mass is 10.2. The smallest absolute Gasteiger partial charge is 0.150 e. The van der Waals surface area contributed by atoms with Crippen molar-refractivity contribution in [2.24, 2.45) is 0 Å². The molecule has 2 aromatic rings. The molecule has 0 saturated carbocycles. The van der Waals surface area contributed by atoms with E-state index in [4.69, 9.17) is 0 Å². The van der Waals surface area contributed by atoms with Crippen molar-refractivity contribution >= 4 is 34.2 Å². The normalized spacial score (nSPS) is 10.9. The summed E-state index contributed by atoms with van der Waals surface area (Å²) in [5, 5.41) is 0.400. The van der Waals surface area contributed by atoms with Crippen LogP contribution in [0.3, 0.4) is 0 Å².